The fourth-order valence-electron chi connectivity index (χ4n) is 3.59. The zero-order chi connectivity index (χ0) is 15.7. The van der Waals surface area contributed by atoms with E-state index in [1.807, 2.05) is 24.3 Å². The Bertz CT molecular complexity index is 654. The third-order valence-corrected chi connectivity index (χ3v) is 6.79. The van der Waals surface area contributed by atoms with Crippen molar-refractivity contribution in [3.05, 3.63) is 34.7 Å². The zero-order valence-corrected chi connectivity index (χ0v) is 14.8. The van der Waals surface area contributed by atoms with E-state index in [-0.39, 0.29) is 18.3 Å². The molecule has 0 amide bonds. The molecular weight excluding hydrogens is 341 g/mol. The topological polar surface area (TPSA) is 0 Å². The maximum absolute atomic E-state index is 13.7. The molecule has 1 aliphatic rings. The Labute approximate surface area is 144 Å². The first kappa shape index (κ1) is 18.6. The minimum absolute atomic E-state index is 0. The van der Waals surface area contributed by atoms with Crippen molar-refractivity contribution in [3.8, 4) is 0 Å². The lowest BCUT2D eigenvalue weighted by Gasteiger charge is -2.18. The molecule has 23 heavy (non-hydrogen) atoms. The molecule has 0 radical (unpaired) electrons. The van der Waals surface area contributed by atoms with Gasteiger partial charge in [-0.2, -0.15) is 0 Å². The standard InChI is InChI=1S/C18H22F3S.ClH/c1-2-6-13-9-10-15-12-17(14-7-4-3-5-8-14)22(16(15)11-13)18(19,20)21;/h9-12,14H,2-8H2,1H3;1H/q+1;/p-1. The van der Waals surface area contributed by atoms with Gasteiger partial charge in [0.15, 0.2) is 9.58 Å². The largest absolute Gasteiger partial charge is 1.00 e. The van der Waals surface area contributed by atoms with Crippen molar-refractivity contribution in [3.63, 3.8) is 0 Å². The van der Waals surface area contributed by atoms with Gasteiger partial charge in [-0.25, -0.2) is 0 Å². The van der Waals surface area contributed by atoms with E-state index in [9.17, 15) is 13.2 Å². The minimum atomic E-state index is -4.15. The van der Waals surface area contributed by atoms with Crippen LogP contribution < -0.4 is 12.4 Å². The van der Waals surface area contributed by atoms with Crippen molar-refractivity contribution in [2.75, 3.05) is 0 Å². The van der Waals surface area contributed by atoms with Crippen LogP contribution in [-0.2, 0) is 11.9 Å². The van der Waals surface area contributed by atoms with E-state index in [4.69, 9.17) is 0 Å². The van der Waals surface area contributed by atoms with Crippen LogP contribution in [-0.4, -0.2) is 0 Å². The molecule has 2 aromatic rings. The highest BCUT2D eigenvalue weighted by molar-refractivity contribution is 7.38. The molecular formula is C18H22ClF3S. The SMILES string of the molecule is CCCc1ccc2cc(C3CCCCC3)[s+](C(F)(F)F)c2c1.[Cl-]. The second-order valence-corrected chi connectivity index (χ2v) is 8.24. The van der Waals surface area contributed by atoms with Gasteiger partial charge in [-0.3, -0.25) is 0 Å². The molecule has 0 bridgehead atoms. The summed E-state index contributed by atoms with van der Waals surface area (Å²) >= 11 is 0. The number of aryl methyl sites for hydroxylation is 1. The first-order valence-electron chi connectivity index (χ1n) is 8.16. The molecule has 1 aliphatic carbocycles. The normalized spacial score (nSPS) is 17.3. The molecule has 0 saturated heterocycles. The number of halogens is 4. The summed E-state index contributed by atoms with van der Waals surface area (Å²) < 4.78 is 41.7. The molecule has 0 spiro atoms. The van der Waals surface area contributed by atoms with E-state index in [1.54, 1.807) is 0 Å². The lowest BCUT2D eigenvalue weighted by Crippen LogP contribution is -3.00. The highest BCUT2D eigenvalue weighted by Crippen LogP contribution is 2.55. The van der Waals surface area contributed by atoms with Crippen LogP contribution in [0.25, 0.3) is 10.1 Å². The van der Waals surface area contributed by atoms with Gasteiger partial charge in [-0.15, -0.1) is 13.2 Å². The van der Waals surface area contributed by atoms with Crippen LogP contribution in [0.2, 0.25) is 0 Å². The first-order valence-corrected chi connectivity index (χ1v) is 9.39. The summed E-state index contributed by atoms with van der Waals surface area (Å²) in [5.41, 5.74) is -3.12. The predicted octanol–water partition coefficient (Wildman–Crippen LogP) is 4.07. The van der Waals surface area contributed by atoms with Gasteiger partial charge in [0.05, 0.1) is 10.5 Å². The van der Waals surface area contributed by atoms with E-state index in [0.29, 0.717) is 9.58 Å². The highest BCUT2D eigenvalue weighted by Gasteiger charge is 2.49. The molecule has 1 saturated carbocycles. The molecule has 1 unspecified atom stereocenters. The van der Waals surface area contributed by atoms with Crippen molar-refractivity contribution < 1.29 is 25.6 Å². The highest BCUT2D eigenvalue weighted by atomic mass is 35.5. The summed E-state index contributed by atoms with van der Waals surface area (Å²) in [7, 11) is -1.71. The number of alkyl halides is 3. The summed E-state index contributed by atoms with van der Waals surface area (Å²) in [5, 5.41) is 0.793. The van der Waals surface area contributed by atoms with Crippen molar-refractivity contribution in [1.82, 2.24) is 0 Å². The van der Waals surface area contributed by atoms with Crippen LogP contribution in [0.15, 0.2) is 24.3 Å². The molecule has 5 heteroatoms. The van der Waals surface area contributed by atoms with E-state index >= 15 is 0 Å². The van der Waals surface area contributed by atoms with Crippen LogP contribution in [0.5, 0.6) is 0 Å². The Morgan fingerprint density at radius 2 is 1.78 bits per heavy atom. The molecule has 1 aromatic heterocycles. The van der Waals surface area contributed by atoms with Gasteiger partial charge >= 0.3 is 5.51 Å². The second kappa shape index (κ2) is 7.43. The van der Waals surface area contributed by atoms with Crippen LogP contribution in [0.1, 0.15) is 61.8 Å². The number of benzene rings is 1. The Morgan fingerprint density at radius 3 is 2.39 bits per heavy atom. The number of hydrogen-bond acceptors (Lipinski definition) is 0. The smallest absolute Gasteiger partial charge is 0.600 e. The van der Waals surface area contributed by atoms with Gasteiger partial charge in [0.2, 0.25) is 0 Å². The predicted molar refractivity (Wildman–Crippen MR) is 87.5 cm³/mol. The number of rotatable bonds is 3. The van der Waals surface area contributed by atoms with Crippen molar-refractivity contribution >= 4 is 20.6 Å². The van der Waals surface area contributed by atoms with Gasteiger partial charge in [-0.1, -0.05) is 38.7 Å². The number of fused-ring (bicyclic) bond motifs is 1. The van der Waals surface area contributed by atoms with Crippen molar-refractivity contribution in [2.45, 2.75) is 63.3 Å². The van der Waals surface area contributed by atoms with Crippen LogP contribution >= 0.6 is 10.5 Å². The number of hydrogen-bond donors (Lipinski definition) is 0. The average Bonchev–Trinajstić information content (AvgIpc) is 2.87. The zero-order valence-electron chi connectivity index (χ0n) is 13.3. The molecule has 3 rings (SSSR count). The molecule has 0 N–H and O–H groups in total. The third kappa shape index (κ3) is 3.85. The van der Waals surface area contributed by atoms with Gasteiger partial charge in [0.25, 0.3) is 0 Å². The van der Waals surface area contributed by atoms with E-state index < -0.39 is 16.0 Å². The third-order valence-electron chi connectivity index (χ3n) is 4.61. The Morgan fingerprint density at radius 1 is 1.09 bits per heavy atom. The first-order chi connectivity index (χ1) is 10.5. The molecule has 0 nitrogen and oxygen atoms in total. The second-order valence-electron chi connectivity index (χ2n) is 6.26. The lowest BCUT2D eigenvalue weighted by atomic mass is 9.88. The maximum Gasteiger partial charge on any atom is 0.600 e. The monoisotopic (exact) mass is 362 g/mol. The molecule has 1 heterocycles. The Balaban J connectivity index is 0.00000192. The van der Waals surface area contributed by atoms with Crippen LogP contribution in [0.4, 0.5) is 13.2 Å². The van der Waals surface area contributed by atoms with Gasteiger partial charge < -0.3 is 12.4 Å². The molecule has 0 aliphatic heterocycles. The van der Waals surface area contributed by atoms with Gasteiger partial charge in [0, 0.05) is 23.4 Å². The summed E-state index contributed by atoms with van der Waals surface area (Å²) in [6.07, 6.45) is 6.94. The number of thiophene rings is 1. The van der Waals surface area contributed by atoms with E-state index in [2.05, 4.69) is 6.92 Å². The summed E-state index contributed by atoms with van der Waals surface area (Å²) in [6, 6.07) is 7.53. The average molecular weight is 363 g/mol. The Kier molecular flexibility index (Phi) is 6.01. The summed E-state index contributed by atoms with van der Waals surface area (Å²) in [4.78, 5) is 0.649. The maximum atomic E-state index is 13.7. The van der Waals surface area contributed by atoms with E-state index in [0.717, 1.165) is 55.9 Å². The minimum Gasteiger partial charge on any atom is -1.00 e. The van der Waals surface area contributed by atoms with E-state index in [1.165, 1.54) is 0 Å². The van der Waals surface area contributed by atoms with Crippen LogP contribution in [0, 0.1) is 0 Å². The molecule has 1 aromatic carbocycles. The Hall–Kier alpha value is -0.740. The van der Waals surface area contributed by atoms with Crippen molar-refractivity contribution in [2.24, 2.45) is 0 Å². The quantitative estimate of drug-likeness (QED) is 0.722. The lowest BCUT2D eigenvalue weighted by molar-refractivity contribution is -0.0868. The summed E-state index contributed by atoms with van der Waals surface area (Å²) in [6.45, 7) is 2.06. The molecule has 128 valence electrons. The fourth-order valence-corrected chi connectivity index (χ4v) is 5.80. The molecule has 1 atom stereocenters. The fraction of sp³-hybridized carbons (Fsp3) is 0.556. The summed E-state index contributed by atoms with van der Waals surface area (Å²) in [5.74, 6) is 0.126. The van der Waals surface area contributed by atoms with Gasteiger partial charge in [-0.05, 0) is 30.9 Å². The van der Waals surface area contributed by atoms with Gasteiger partial charge in [0.1, 0.15) is 0 Å². The molecule has 1 fully saturated rings. The van der Waals surface area contributed by atoms with Crippen LogP contribution in [0.3, 0.4) is 0 Å². The van der Waals surface area contributed by atoms with Crippen molar-refractivity contribution in [1.29, 1.82) is 0 Å².